The van der Waals surface area contributed by atoms with E-state index in [-0.39, 0.29) is 0 Å². The lowest BCUT2D eigenvalue weighted by molar-refractivity contribution is 0.319. The quantitative estimate of drug-likeness (QED) is 0.712. The number of aromatic nitrogens is 2. The van der Waals surface area contributed by atoms with Gasteiger partial charge in [0.1, 0.15) is 5.82 Å². The maximum atomic E-state index is 4.18. The number of nitrogens with zero attached hydrogens (tertiary/aromatic N) is 2. The maximum absolute atomic E-state index is 4.18. The van der Waals surface area contributed by atoms with Crippen LogP contribution in [-0.2, 0) is 13.1 Å². The van der Waals surface area contributed by atoms with Gasteiger partial charge in [0.25, 0.3) is 0 Å². The third kappa shape index (κ3) is 5.24. The summed E-state index contributed by atoms with van der Waals surface area (Å²) in [5.74, 6) is 0.998. The van der Waals surface area contributed by atoms with Gasteiger partial charge >= 0.3 is 0 Å². The first-order valence-electron chi connectivity index (χ1n) is 6.76. The van der Waals surface area contributed by atoms with E-state index < -0.39 is 0 Å². The molecule has 0 unspecified atom stereocenters. The van der Waals surface area contributed by atoms with Crippen LogP contribution in [0.3, 0.4) is 0 Å². The second kappa shape index (κ2) is 7.71. The van der Waals surface area contributed by atoms with Crippen molar-refractivity contribution in [2.45, 2.75) is 19.5 Å². The normalized spacial score (nSPS) is 11.1. The Kier molecular flexibility index (Phi) is 5.59. The SMILES string of the molecule is CN(CCCNCc1ncc[nH]1)Cc1ccccc1. The molecule has 1 aromatic carbocycles. The van der Waals surface area contributed by atoms with Crippen molar-refractivity contribution in [3.8, 4) is 0 Å². The van der Waals surface area contributed by atoms with Gasteiger partial charge in [0.05, 0.1) is 6.54 Å². The Hall–Kier alpha value is -1.65. The number of imidazole rings is 1. The molecule has 0 radical (unpaired) electrons. The monoisotopic (exact) mass is 258 g/mol. The zero-order valence-corrected chi connectivity index (χ0v) is 11.5. The van der Waals surface area contributed by atoms with Gasteiger partial charge in [-0.25, -0.2) is 4.98 Å². The van der Waals surface area contributed by atoms with Gasteiger partial charge in [-0.05, 0) is 32.1 Å². The largest absolute Gasteiger partial charge is 0.348 e. The lowest BCUT2D eigenvalue weighted by Gasteiger charge is -2.16. The van der Waals surface area contributed by atoms with E-state index in [2.05, 4.69) is 57.6 Å². The second-order valence-electron chi connectivity index (χ2n) is 4.79. The molecule has 2 N–H and O–H groups in total. The topological polar surface area (TPSA) is 44.0 Å². The van der Waals surface area contributed by atoms with E-state index in [1.54, 1.807) is 6.20 Å². The summed E-state index contributed by atoms with van der Waals surface area (Å²) in [6.07, 6.45) is 4.78. The van der Waals surface area contributed by atoms with Crippen LogP contribution in [0, 0.1) is 0 Å². The number of H-pyrrole nitrogens is 1. The van der Waals surface area contributed by atoms with E-state index in [0.717, 1.165) is 38.4 Å². The molecular formula is C15H22N4. The Labute approximate surface area is 114 Å². The van der Waals surface area contributed by atoms with Crippen LogP contribution in [0.1, 0.15) is 17.8 Å². The van der Waals surface area contributed by atoms with Crippen LogP contribution in [0.4, 0.5) is 0 Å². The molecule has 0 saturated carbocycles. The molecule has 2 aromatic rings. The molecule has 19 heavy (non-hydrogen) atoms. The molecule has 4 heteroatoms. The van der Waals surface area contributed by atoms with Crippen molar-refractivity contribution < 1.29 is 0 Å². The minimum atomic E-state index is 0.815. The lowest BCUT2D eigenvalue weighted by atomic mass is 10.2. The highest BCUT2D eigenvalue weighted by Gasteiger charge is 1.99. The standard InChI is InChI=1S/C15H22N4/c1-19(13-14-6-3-2-4-7-14)11-5-8-16-12-15-17-9-10-18-15/h2-4,6-7,9-10,16H,5,8,11-13H2,1H3,(H,17,18). The summed E-state index contributed by atoms with van der Waals surface area (Å²) in [6.45, 7) is 3.94. The van der Waals surface area contributed by atoms with Gasteiger partial charge in [-0.3, -0.25) is 0 Å². The zero-order valence-electron chi connectivity index (χ0n) is 11.5. The molecule has 0 spiro atoms. The minimum absolute atomic E-state index is 0.815. The van der Waals surface area contributed by atoms with Crippen molar-refractivity contribution >= 4 is 0 Å². The molecule has 102 valence electrons. The van der Waals surface area contributed by atoms with Crippen molar-refractivity contribution in [2.24, 2.45) is 0 Å². The highest BCUT2D eigenvalue weighted by atomic mass is 15.1. The van der Waals surface area contributed by atoms with Crippen molar-refractivity contribution in [3.63, 3.8) is 0 Å². The summed E-state index contributed by atoms with van der Waals surface area (Å²) >= 11 is 0. The third-order valence-corrected chi connectivity index (χ3v) is 3.04. The van der Waals surface area contributed by atoms with Gasteiger partial charge in [0, 0.05) is 18.9 Å². The van der Waals surface area contributed by atoms with Crippen LogP contribution in [-0.4, -0.2) is 35.0 Å². The first-order valence-corrected chi connectivity index (χ1v) is 6.76. The van der Waals surface area contributed by atoms with E-state index in [1.165, 1.54) is 5.56 Å². The van der Waals surface area contributed by atoms with E-state index in [0.29, 0.717) is 0 Å². The predicted octanol–water partition coefficient (Wildman–Crippen LogP) is 2.02. The van der Waals surface area contributed by atoms with Gasteiger partial charge < -0.3 is 15.2 Å². The summed E-state index contributed by atoms with van der Waals surface area (Å²) in [7, 11) is 2.17. The number of nitrogens with one attached hydrogen (secondary N) is 2. The summed E-state index contributed by atoms with van der Waals surface area (Å²) < 4.78 is 0. The Morgan fingerprint density at radius 1 is 1.26 bits per heavy atom. The molecule has 0 aliphatic rings. The summed E-state index contributed by atoms with van der Waals surface area (Å²) in [5.41, 5.74) is 1.37. The number of aromatic amines is 1. The smallest absolute Gasteiger partial charge is 0.120 e. The minimum Gasteiger partial charge on any atom is -0.348 e. The van der Waals surface area contributed by atoms with Crippen LogP contribution in [0.2, 0.25) is 0 Å². The summed E-state index contributed by atoms with van der Waals surface area (Å²) in [4.78, 5) is 9.61. The third-order valence-electron chi connectivity index (χ3n) is 3.04. The number of hydrogen-bond acceptors (Lipinski definition) is 3. The molecule has 4 nitrogen and oxygen atoms in total. The van der Waals surface area contributed by atoms with Crippen LogP contribution in [0.5, 0.6) is 0 Å². The number of rotatable bonds is 8. The van der Waals surface area contributed by atoms with Gasteiger partial charge in [-0.1, -0.05) is 30.3 Å². The molecule has 0 amide bonds. The average molecular weight is 258 g/mol. The Morgan fingerprint density at radius 3 is 2.84 bits per heavy atom. The lowest BCUT2D eigenvalue weighted by Crippen LogP contribution is -2.24. The molecular weight excluding hydrogens is 236 g/mol. The van der Waals surface area contributed by atoms with Crippen molar-refractivity contribution in [1.82, 2.24) is 20.2 Å². The fourth-order valence-corrected chi connectivity index (χ4v) is 2.05. The molecule has 1 heterocycles. The number of hydrogen-bond donors (Lipinski definition) is 2. The maximum Gasteiger partial charge on any atom is 0.120 e. The highest BCUT2D eigenvalue weighted by molar-refractivity contribution is 5.14. The van der Waals surface area contributed by atoms with E-state index >= 15 is 0 Å². The van der Waals surface area contributed by atoms with Crippen molar-refractivity contribution in [1.29, 1.82) is 0 Å². The van der Waals surface area contributed by atoms with Gasteiger partial charge in [-0.2, -0.15) is 0 Å². The average Bonchev–Trinajstić information content (AvgIpc) is 2.92. The second-order valence-corrected chi connectivity index (χ2v) is 4.79. The molecule has 1 aromatic heterocycles. The fourth-order valence-electron chi connectivity index (χ4n) is 2.05. The molecule has 0 fully saturated rings. The Bertz CT molecular complexity index is 438. The molecule has 0 atom stereocenters. The fraction of sp³-hybridized carbons (Fsp3) is 0.400. The van der Waals surface area contributed by atoms with Crippen LogP contribution in [0.15, 0.2) is 42.7 Å². The number of benzene rings is 1. The van der Waals surface area contributed by atoms with Crippen molar-refractivity contribution in [2.75, 3.05) is 20.1 Å². The highest BCUT2D eigenvalue weighted by Crippen LogP contribution is 2.02. The van der Waals surface area contributed by atoms with Gasteiger partial charge in [0.15, 0.2) is 0 Å². The molecule has 2 rings (SSSR count). The van der Waals surface area contributed by atoms with Crippen LogP contribution in [0.25, 0.3) is 0 Å². The predicted molar refractivity (Wildman–Crippen MR) is 77.7 cm³/mol. The van der Waals surface area contributed by atoms with E-state index in [4.69, 9.17) is 0 Å². The molecule has 0 aliphatic heterocycles. The van der Waals surface area contributed by atoms with E-state index in [1.807, 2.05) is 6.20 Å². The first kappa shape index (κ1) is 13.8. The van der Waals surface area contributed by atoms with E-state index in [9.17, 15) is 0 Å². The van der Waals surface area contributed by atoms with Gasteiger partial charge in [-0.15, -0.1) is 0 Å². The Balaban J connectivity index is 1.55. The summed E-state index contributed by atoms with van der Waals surface area (Å²) in [5, 5.41) is 3.39. The Morgan fingerprint density at radius 2 is 2.11 bits per heavy atom. The zero-order chi connectivity index (χ0) is 13.3. The summed E-state index contributed by atoms with van der Waals surface area (Å²) in [6, 6.07) is 10.6. The molecule has 0 saturated heterocycles. The van der Waals surface area contributed by atoms with Crippen LogP contribution >= 0.6 is 0 Å². The first-order chi connectivity index (χ1) is 9.34. The van der Waals surface area contributed by atoms with Crippen molar-refractivity contribution in [3.05, 3.63) is 54.1 Å². The van der Waals surface area contributed by atoms with Gasteiger partial charge in [0.2, 0.25) is 0 Å². The van der Waals surface area contributed by atoms with Crippen LogP contribution < -0.4 is 5.32 Å². The molecule has 0 aliphatic carbocycles. The molecule has 0 bridgehead atoms.